The van der Waals surface area contributed by atoms with E-state index < -0.39 is 0 Å². The predicted molar refractivity (Wildman–Crippen MR) is 86.5 cm³/mol. The lowest BCUT2D eigenvalue weighted by Crippen LogP contribution is -2.24. The molecule has 5 nitrogen and oxygen atoms in total. The Morgan fingerprint density at radius 1 is 1.38 bits per heavy atom. The van der Waals surface area contributed by atoms with E-state index in [-0.39, 0.29) is 12.5 Å². The monoisotopic (exact) mass is 414 g/mol. The molecule has 1 heterocycles. The third-order valence-electron chi connectivity index (χ3n) is 2.39. The number of hydrogen-bond acceptors (Lipinski definition) is 4. The average molecular weight is 416 g/mol. The lowest BCUT2D eigenvalue weighted by molar-refractivity contribution is -0.123. The minimum Gasteiger partial charge on any atom is -0.483 e. The minimum absolute atomic E-state index is 0.130. The largest absolute Gasteiger partial charge is 0.483 e. The van der Waals surface area contributed by atoms with E-state index in [1.807, 2.05) is 25.1 Å². The lowest BCUT2D eigenvalue weighted by atomic mass is 10.3. The normalized spacial score (nSPS) is 10.8. The number of hydrazone groups is 1. The lowest BCUT2D eigenvalue weighted by Gasteiger charge is -2.07. The van der Waals surface area contributed by atoms with Gasteiger partial charge in [-0.1, -0.05) is 15.9 Å². The van der Waals surface area contributed by atoms with Gasteiger partial charge in [0.05, 0.1) is 10.7 Å². The number of hydrogen-bond donors (Lipinski definition) is 1. The average Bonchev–Trinajstić information content (AvgIpc) is 2.83. The van der Waals surface area contributed by atoms with Gasteiger partial charge in [-0.3, -0.25) is 4.79 Å². The molecule has 0 atom stereocenters. The number of nitrogens with zero attached hydrogens (tertiary/aromatic N) is 1. The minimum atomic E-state index is -0.357. The molecule has 2 rings (SSSR count). The number of carbonyl (C=O) groups is 1. The van der Waals surface area contributed by atoms with Gasteiger partial charge in [0.2, 0.25) is 0 Å². The molecule has 0 saturated heterocycles. The number of aryl methyl sites for hydroxylation is 1. The summed E-state index contributed by atoms with van der Waals surface area (Å²) >= 11 is 6.70. The van der Waals surface area contributed by atoms with Crippen molar-refractivity contribution in [3.05, 3.63) is 50.8 Å². The Morgan fingerprint density at radius 2 is 2.19 bits per heavy atom. The molecule has 1 aromatic carbocycles. The van der Waals surface area contributed by atoms with Crippen molar-refractivity contribution < 1.29 is 13.9 Å². The molecule has 21 heavy (non-hydrogen) atoms. The maximum absolute atomic E-state index is 11.6. The molecule has 2 aromatic rings. The van der Waals surface area contributed by atoms with Gasteiger partial charge in [0.1, 0.15) is 17.3 Å². The molecule has 0 unspecified atom stereocenters. The van der Waals surface area contributed by atoms with Gasteiger partial charge >= 0.3 is 0 Å². The first-order valence-electron chi connectivity index (χ1n) is 6.01. The molecule has 0 radical (unpaired) electrons. The zero-order chi connectivity index (χ0) is 15.2. The number of furan rings is 1. The summed E-state index contributed by atoms with van der Waals surface area (Å²) in [5, 5.41) is 3.79. The maximum atomic E-state index is 11.6. The number of amides is 1. The molecule has 0 fully saturated rings. The predicted octanol–water partition coefficient (Wildman–Crippen LogP) is 3.64. The van der Waals surface area contributed by atoms with Crippen LogP contribution < -0.4 is 10.2 Å². The van der Waals surface area contributed by atoms with Gasteiger partial charge < -0.3 is 9.15 Å². The van der Waals surface area contributed by atoms with Crippen LogP contribution in [0.5, 0.6) is 5.75 Å². The van der Waals surface area contributed by atoms with Gasteiger partial charge in [-0.15, -0.1) is 0 Å². The number of ether oxygens (including phenoxy) is 1. The van der Waals surface area contributed by atoms with E-state index in [4.69, 9.17) is 9.15 Å². The van der Waals surface area contributed by atoms with Crippen LogP contribution in [0.3, 0.4) is 0 Å². The van der Waals surface area contributed by atoms with Crippen molar-refractivity contribution in [2.24, 2.45) is 5.10 Å². The molecule has 0 aliphatic carbocycles. The first-order valence-corrected chi connectivity index (χ1v) is 7.59. The standard InChI is InChI=1S/C14H12Br2N2O3/c1-9-2-4-11(21-9)7-17-18-14(19)8-20-13-5-3-10(15)6-12(13)16/h2-7H,8H2,1H3,(H,18,19). The molecule has 7 heteroatoms. The second-order valence-corrected chi connectivity index (χ2v) is 5.88. The highest BCUT2D eigenvalue weighted by atomic mass is 79.9. The van der Waals surface area contributed by atoms with Gasteiger partial charge in [0.25, 0.3) is 5.91 Å². The van der Waals surface area contributed by atoms with E-state index in [9.17, 15) is 4.79 Å². The molecule has 110 valence electrons. The Morgan fingerprint density at radius 3 is 2.86 bits per heavy atom. The Kier molecular flexibility index (Phi) is 5.58. The van der Waals surface area contributed by atoms with Crippen LogP contribution in [0.2, 0.25) is 0 Å². The van der Waals surface area contributed by atoms with E-state index in [1.165, 1.54) is 6.21 Å². The second kappa shape index (κ2) is 7.42. The summed E-state index contributed by atoms with van der Waals surface area (Å²) in [7, 11) is 0. The van der Waals surface area contributed by atoms with Crippen molar-refractivity contribution in [2.75, 3.05) is 6.61 Å². The van der Waals surface area contributed by atoms with Crippen LogP contribution in [0, 0.1) is 6.92 Å². The molecule has 0 aliphatic rings. The summed E-state index contributed by atoms with van der Waals surface area (Å²) in [6, 6.07) is 9.01. The quantitative estimate of drug-likeness (QED) is 0.598. The Labute approximate surface area is 138 Å². The van der Waals surface area contributed by atoms with Crippen LogP contribution in [0.15, 0.2) is 48.8 Å². The van der Waals surface area contributed by atoms with Crippen LogP contribution in [-0.4, -0.2) is 18.7 Å². The molecule has 0 spiro atoms. The number of carbonyl (C=O) groups excluding carboxylic acids is 1. The first-order chi connectivity index (χ1) is 10.0. The highest BCUT2D eigenvalue weighted by Crippen LogP contribution is 2.27. The van der Waals surface area contributed by atoms with Gasteiger partial charge in [-0.05, 0) is 53.2 Å². The van der Waals surface area contributed by atoms with Crippen molar-refractivity contribution >= 4 is 44.0 Å². The van der Waals surface area contributed by atoms with Crippen molar-refractivity contribution in [1.82, 2.24) is 5.43 Å². The molecule has 1 N–H and O–H groups in total. The molecule has 0 aliphatic heterocycles. The fraction of sp³-hybridized carbons (Fsp3) is 0.143. The summed E-state index contributed by atoms with van der Waals surface area (Å²) in [6.07, 6.45) is 1.43. The van der Waals surface area contributed by atoms with Gasteiger partial charge in [0, 0.05) is 4.47 Å². The third kappa shape index (κ3) is 5.02. The summed E-state index contributed by atoms with van der Waals surface area (Å²) in [5.74, 6) is 1.58. The van der Waals surface area contributed by atoms with Crippen molar-refractivity contribution in [2.45, 2.75) is 6.92 Å². The summed E-state index contributed by atoms with van der Waals surface area (Å²) in [4.78, 5) is 11.6. The Bertz CT molecular complexity index is 668. The van der Waals surface area contributed by atoms with Crippen LogP contribution in [0.1, 0.15) is 11.5 Å². The highest BCUT2D eigenvalue weighted by Gasteiger charge is 2.05. The number of nitrogens with one attached hydrogen (secondary N) is 1. The molecular weight excluding hydrogens is 404 g/mol. The fourth-order valence-electron chi connectivity index (χ4n) is 1.46. The number of rotatable bonds is 5. The topological polar surface area (TPSA) is 63.8 Å². The zero-order valence-corrected chi connectivity index (χ0v) is 14.3. The second-order valence-electron chi connectivity index (χ2n) is 4.11. The molecule has 1 amide bonds. The zero-order valence-electron chi connectivity index (χ0n) is 11.1. The Balaban J connectivity index is 1.81. The summed E-state index contributed by atoms with van der Waals surface area (Å²) in [5.41, 5.74) is 2.36. The maximum Gasteiger partial charge on any atom is 0.277 e. The SMILES string of the molecule is Cc1ccc(C=NNC(=O)COc2ccc(Br)cc2Br)o1. The van der Waals surface area contributed by atoms with Crippen LogP contribution in [-0.2, 0) is 4.79 Å². The summed E-state index contributed by atoms with van der Waals surface area (Å²) in [6.45, 7) is 1.70. The first kappa shape index (κ1) is 15.8. The molecule has 1 aromatic heterocycles. The fourth-order valence-corrected chi connectivity index (χ4v) is 2.62. The Hall–Kier alpha value is -1.60. The highest BCUT2D eigenvalue weighted by molar-refractivity contribution is 9.11. The number of benzene rings is 1. The van der Waals surface area contributed by atoms with Gasteiger partial charge in [-0.2, -0.15) is 5.10 Å². The van der Waals surface area contributed by atoms with E-state index in [0.29, 0.717) is 11.5 Å². The van der Waals surface area contributed by atoms with Gasteiger partial charge in [-0.25, -0.2) is 5.43 Å². The van der Waals surface area contributed by atoms with Crippen molar-refractivity contribution in [1.29, 1.82) is 0 Å². The van der Waals surface area contributed by atoms with Crippen molar-refractivity contribution in [3.63, 3.8) is 0 Å². The van der Waals surface area contributed by atoms with E-state index in [0.717, 1.165) is 14.7 Å². The molecule has 0 saturated carbocycles. The third-order valence-corrected chi connectivity index (χ3v) is 3.51. The van der Waals surface area contributed by atoms with Crippen LogP contribution in [0.4, 0.5) is 0 Å². The number of halogens is 2. The van der Waals surface area contributed by atoms with Crippen molar-refractivity contribution in [3.8, 4) is 5.75 Å². The van der Waals surface area contributed by atoms with Crippen LogP contribution in [0.25, 0.3) is 0 Å². The summed E-state index contributed by atoms with van der Waals surface area (Å²) < 4.78 is 12.3. The molecule has 0 bridgehead atoms. The smallest absolute Gasteiger partial charge is 0.277 e. The van der Waals surface area contributed by atoms with E-state index in [2.05, 4.69) is 42.4 Å². The van der Waals surface area contributed by atoms with E-state index >= 15 is 0 Å². The van der Waals surface area contributed by atoms with Crippen LogP contribution >= 0.6 is 31.9 Å². The molecular formula is C14H12Br2N2O3. The van der Waals surface area contributed by atoms with Gasteiger partial charge in [0.15, 0.2) is 6.61 Å². The van der Waals surface area contributed by atoms with E-state index in [1.54, 1.807) is 12.1 Å².